The van der Waals surface area contributed by atoms with Crippen LogP contribution in [0, 0.1) is 23.2 Å². The smallest absolute Gasteiger partial charge is 0.155 e. The van der Waals surface area contributed by atoms with Crippen LogP contribution in [0.25, 0.3) is 0 Å². The lowest BCUT2D eigenvalue weighted by Crippen LogP contribution is -2.40. The highest BCUT2D eigenvalue weighted by molar-refractivity contribution is 5.46. The van der Waals surface area contributed by atoms with Crippen molar-refractivity contribution in [3.8, 4) is 23.7 Å². The van der Waals surface area contributed by atoms with Crippen LogP contribution in [0.2, 0.25) is 0 Å². The number of rotatable bonds is 9. The molecule has 0 unspecified atom stereocenters. The van der Waals surface area contributed by atoms with Gasteiger partial charge in [-0.25, -0.2) is 4.98 Å². The van der Waals surface area contributed by atoms with Crippen LogP contribution < -0.4 is 4.74 Å². The molecular weight excluding hydrogens is 368 g/mol. The molecule has 0 radical (unpaired) electrons. The molecule has 29 heavy (non-hydrogen) atoms. The maximum Gasteiger partial charge on any atom is 0.155 e. The van der Waals surface area contributed by atoms with E-state index in [-0.39, 0.29) is 24.4 Å². The fourth-order valence-electron chi connectivity index (χ4n) is 2.81. The van der Waals surface area contributed by atoms with Crippen LogP contribution >= 0.6 is 0 Å². The van der Waals surface area contributed by atoms with E-state index in [9.17, 15) is 5.26 Å². The maximum absolute atomic E-state index is 9.46. The van der Waals surface area contributed by atoms with Gasteiger partial charge in [0.1, 0.15) is 23.5 Å². The van der Waals surface area contributed by atoms with Gasteiger partial charge in [-0.3, -0.25) is 0 Å². The molecule has 0 N–H and O–H groups in total. The van der Waals surface area contributed by atoms with Crippen molar-refractivity contribution in [2.24, 2.45) is 0 Å². The number of hydrogen-bond acceptors (Lipinski definition) is 6. The predicted octanol–water partition coefficient (Wildman–Crippen LogP) is 3.86. The lowest BCUT2D eigenvalue weighted by molar-refractivity contribution is -0.0851. The zero-order valence-corrected chi connectivity index (χ0v) is 18.3. The number of nitrogens with zero attached hydrogens (tertiary/aromatic N) is 2. The molecule has 158 valence electrons. The average Bonchev–Trinajstić information content (AvgIpc) is 2.62. The molecule has 1 saturated carbocycles. The van der Waals surface area contributed by atoms with Gasteiger partial charge in [0.05, 0.1) is 43.3 Å². The van der Waals surface area contributed by atoms with Gasteiger partial charge in [-0.1, -0.05) is 5.92 Å². The zero-order valence-electron chi connectivity index (χ0n) is 18.3. The first-order chi connectivity index (χ1) is 13.7. The summed E-state index contributed by atoms with van der Waals surface area (Å²) < 4.78 is 22.9. The van der Waals surface area contributed by atoms with E-state index >= 15 is 0 Å². The lowest BCUT2D eigenvalue weighted by Gasteiger charge is -2.36. The van der Waals surface area contributed by atoms with E-state index in [1.807, 2.05) is 41.5 Å². The highest BCUT2D eigenvalue weighted by atomic mass is 16.5. The van der Waals surface area contributed by atoms with Gasteiger partial charge < -0.3 is 18.9 Å². The number of nitriles is 1. The highest BCUT2D eigenvalue weighted by Crippen LogP contribution is 2.30. The summed E-state index contributed by atoms with van der Waals surface area (Å²) in [4.78, 5) is 4.33. The molecular formula is C23H32N2O4. The Balaban J connectivity index is 1.92. The third-order valence-corrected chi connectivity index (χ3v) is 4.29. The van der Waals surface area contributed by atoms with Gasteiger partial charge in [0, 0.05) is 12.8 Å². The van der Waals surface area contributed by atoms with Crippen LogP contribution in [0.3, 0.4) is 0 Å². The van der Waals surface area contributed by atoms with Crippen molar-refractivity contribution in [1.82, 2.24) is 4.98 Å². The molecule has 1 aromatic heterocycles. The minimum absolute atomic E-state index is 0.0602. The molecule has 1 aliphatic rings. The zero-order chi connectivity index (χ0) is 21.4. The Kier molecular flexibility index (Phi) is 8.46. The summed E-state index contributed by atoms with van der Waals surface area (Å²) >= 11 is 0. The first kappa shape index (κ1) is 23.2. The van der Waals surface area contributed by atoms with Crippen LogP contribution in [0.15, 0.2) is 12.3 Å². The van der Waals surface area contributed by atoms with Crippen LogP contribution in [0.4, 0.5) is 0 Å². The Morgan fingerprint density at radius 2 is 1.86 bits per heavy atom. The van der Waals surface area contributed by atoms with Gasteiger partial charge in [-0.2, -0.15) is 5.26 Å². The summed E-state index contributed by atoms with van der Waals surface area (Å²) in [5.74, 6) is 6.55. The highest BCUT2D eigenvalue weighted by Gasteiger charge is 2.32. The van der Waals surface area contributed by atoms with Gasteiger partial charge in [0.25, 0.3) is 0 Å². The van der Waals surface area contributed by atoms with Gasteiger partial charge in [-0.05, 0) is 53.5 Å². The second-order valence-corrected chi connectivity index (χ2v) is 8.22. The second kappa shape index (κ2) is 10.6. The first-order valence-electron chi connectivity index (χ1n) is 10.2. The molecule has 0 aromatic carbocycles. The molecule has 1 heterocycles. The fourth-order valence-corrected chi connectivity index (χ4v) is 2.81. The Morgan fingerprint density at radius 1 is 1.14 bits per heavy atom. The Bertz CT molecular complexity index is 765. The van der Waals surface area contributed by atoms with Gasteiger partial charge in [0.2, 0.25) is 0 Å². The first-order valence-corrected chi connectivity index (χ1v) is 10.2. The summed E-state index contributed by atoms with van der Waals surface area (Å²) in [6.45, 7) is 12.8. The molecule has 6 heteroatoms. The molecule has 0 bridgehead atoms. The molecule has 2 rings (SSSR count). The Labute approximate surface area is 174 Å². The summed E-state index contributed by atoms with van der Waals surface area (Å²) in [7, 11) is 0. The summed E-state index contributed by atoms with van der Waals surface area (Å²) in [5.41, 5.74) is 0.307. The molecule has 0 aliphatic heterocycles. The van der Waals surface area contributed by atoms with Crippen LogP contribution in [0.5, 0.6) is 5.75 Å². The minimum atomic E-state index is -0.638. The molecule has 1 fully saturated rings. The summed E-state index contributed by atoms with van der Waals surface area (Å²) in [6.07, 6.45) is 3.92. The standard InChI is InChI=1S/C23H32N2O4/c1-16(2)26-9-10-27-23(5,6)8-7-19-11-18(14-24)22(15-25-19)29-21-12-20(13-21)28-17(3)4/h11,15-17,20-21H,9-10,12-13H2,1-6H3. The molecule has 1 aromatic rings. The fraction of sp³-hybridized carbons (Fsp3) is 0.652. The van der Waals surface area contributed by atoms with Crippen molar-refractivity contribution in [1.29, 1.82) is 5.26 Å². The van der Waals surface area contributed by atoms with E-state index in [1.165, 1.54) is 0 Å². The van der Waals surface area contributed by atoms with E-state index < -0.39 is 5.60 Å². The quantitative estimate of drug-likeness (QED) is 0.463. The van der Waals surface area contributed by atoms with E-state index in [2.05, 4.69) is 22.9 Å². The monoisotopic (exact) mass is 400 g/mol. The Morgan fingerprint density at radius 3 is 2.48 bits per heavy atom. The topological polar surface area (TPSA) is 73.6 Å². The van der Waals surface area contributed by atoms with Gasteiger partial charge in [-0.15, -0.1) is 0 Å². The van der Waals surface area contributed by atoms with Crippen molar-refractivity contribution in [3.05, 3.63) is 23.5 Å². The van der Waals surface area contributed by atoms with E-state index in [0.717, 1.165) is 12.8 Å². The Hall–Kier alpha value is -2.12. The van der Waals surface area contributed by atoms with Crippen LogP contribution in [0.1, 0.15) is 65.6 Å². The summed E-state index contributed by atoms with van der Waals surface area (Å²) in [5, 5.41) is 9.46. The SMILES string of the molecule is CC(C)OCCOC(C)(C)C#Cc1cc(C#N)c(OC2CC(OC(C)C)C2)cn1. The van der Waals surface area contributed by atoms with Gasteiger partial charge >= 0.3 is 0 Å². The number of hydrogen-bond donors (Lipinski definition) is 0. The normalized spacial score (nSPS) is 18.7. The third-order valence-electron chi connectivity index (χ3n) is 4.29. The number of pyridine rings is 1. The molecule has 1 aliphatic carbocycles. The third kappa shape index (κ3) is 8.03. The number of ether oxygens (including phenoxy) is 4. The van der Waals surface area contributed by atoms with Crippen LogP contribution in [-0.2, 0) is 14.2 Å². The average molecular weight is 401 g/mol. The lowest BCUT2D eigenvalue weighted by atomic mass is 9.91. The molecule has 6 nitrogen and oxygen atoms in total. The van der Waals surface area contributed by atoms with E-state index in [1.54, 1.807) is 12.3 Å². The van der Waals surface area contributed by atoms with Crippen molar-refractivity contribution in [2.45, 2.75) is 84.4 Å². The van der Waals surface area contributed by atoms with Crippen molar-refractivity contribution >= 4 is 0 Å². The van der Waals surface area contributed by atoms with Gasteiger partial charge in [0.15, 0.2) is 5.75 Å². The van der Waals surface area contributed by atoms with E-state index in [0.29, 0.717) is 30.2 Å². The molecule has 0 spiro atoms. The van der Waals surface area contributed by atoms with Crippen molar-refractivity contribution < 1.29 is 18.9 Å². The molecule has 0 atom stereocenters. The minimum Gasteiger partial charge on any atom is -0.487 e. The number of aromatic nitrogens is 1. The van der Waals surface area contributed by atoms with Crippen molar-refractivity contribution in [3.63, 3.8) is 0 Å². The largest absolute Gasteiger partial charge is 0.487 e. The maximum atomic E-state index is 9.46. The van der Waals surface area contributed by atoms with Crippen molar-refractivity contribution in [2.75, 3.05) is 13.2 Å². The molecule has 0 saturated heterocycles. The second-order valence-electron chi connectivity index (χ2n) is 8.22. The van der Waals surface area contributed by atoms with E-state index in [4.69, 9.17) is 18.9 Å². The van der Waals surface area contributed by atoms with Crippen LogP contribution in [-0.4, -0.2) is 48.2 Å². The predicted molar refractivity (Wildman–Crippen MR) is 111 cm³/mol. The molecule has 0 amide bonds. The summed E-state index contributed by atoms with van der Waals surface area (Å²) in [6, 6.07) is 3.82.